The van der Waals surface area contributed by atoms with Crippen LogP contribution in [0.5, 0.6) is 0 Å². The fourth-order valence-electron chi connectivity index (χ4n) is 1.87. The first-order valence-corrected chi connectivity index (χ1v) is 6.10. The first-order valence-electron chi connectivity index (χ1n) is 6.10. The Morgan fingerprint density at radius 1 is 1.32 bits per heavy atom. The fraction of sp³-hybridized carbons (Fsp3) is 0.286. The molecule has 0 amide bonds. The number of carbonyl (C=O) groups is 1. The molecule has 5 heteroatoms. The number of hydrogen-bond donors (Lipinski definition) is 3. The van der Waals surface area contributed by atoms with Crippen LogP contribution in [0.2, 0.25) is 0 Å². The van der Waals surface area contributed by atoms with Gasteiger partial charge in [-0.15, -0.1) is 0 Å². The number of H-pyrrole nitrogens is 1. The van der Waals surface area contributed by atoms with E-state index in [4.69, 9.17) is 5.11 Å². The molecule has 0 aliphatic carbocycles. The van der Waals surface area contributed by atoms with Gasteiger partial charge < -0.3 is 15.4 Å². The molecule has 0 radical (unpaired) electrons. The number of fused-ring (bicyclic) bond motifs is 1. The quantitative estimate of drug-likeness (QED) is 0.785. The largest absolute Gasteiger partial charge is 0.481 e. The molecule has 2 unspecified atom stereocenters. The van der Waals surface area contributed by atoms with Crippen molar-refractivity contribution in [1.82, 2.24) is 4.98 Å². The van der Waals surface area contributed by atoms with E-state index in [1.807, 2.05) is 18.2 Å². The minimum absolute atomic E-state index is 0.184. The summed E-state index contributed by atoms with van der Waals surface area (Å²) in [6.45, 7) is 3.39. The number of hydrogen-bond acceptors (Lipinski definition) is 3. The lowest BCUT2D eigenvalue weighted by Crippen LogP contribution is -2.30. The lowest BCUT2D eigenvalue weighted by atomic mass is 10.0. The Hall–Kier alpha value is -2.30. The Balaban J connectivity index is 2.32. The van der Waals surface area contributed by atoms with Gasteiger partial charge in [0.15, 0.2) is 0 Å². The van der Waals surface area contributed by atoms with E-state index in [9.17, 15) is 9.59 Å². The van der Waals surface area contributed by atoms with Crippen LogP contribution < -0.4 is 10.9 Å². The molecule has 5 nitrogen and oxygen atoms in total. The van der Waals surface area contributed by atoms with Gasteiger partial charge in [0.25, 0.3) is 5.56 Å². The molecule has 0 aliphatic heterocycles. The summed E-state index contributed by atoms with van der Waals surface area (Å²) in [5.74, 6) is -0.887. The van der Waals surface area contributed by atoms with Crippen LogP contribution >= 0.6 is 0 Å². The van der Waals surface area contributed by atoms with Crippen LogP contribution in [0.4, 0.5) is 5.82 Å². The molecule has 1 heterocycles. The van der Waals surface area contributed by atoms with Gasteiger partial charge in [0.05, 0.1) is 5.92 Å². The molecule has 0 fully saturated rings. The highest BCUT2D eigenvalue weighted by atomic mass is 16.4. The highest BCUT2D eigenvalue weighted by Gasteiger charge is 2.19. The number of carboxylic acids is 1. The van der Waals surface area contributed by atoms with Gasteiger partial charge in [-0.2, -0.15) is 0 Å². The molecule has 2 atom stereocenters. The van der Waals surface area contributed by atoms with E-state index >= 15 is 0 Å². The van der Waals surface area contributed by atoms with Crippen molar-refractivity contribution in [1.29, 1.82) is 0 Å². The maximum absolute atomic E-state index is 11.9. The topological polar surface area (TPSA) is 82.2 Å². The SMILES string of the molecule is CC(Nc1cc2ccccc2c(=O)[nH]1)C(C)C(=O)O. The number of carboxylic acid groups (broad SMARTS) is 1. The van der Waals surface area contributed by atoms with Crippen LogP contribution in [-0.4, -0.2) is 22.1 Å². The Labute approximate surface area is 110 Å². The van der Waals surface area contributed by atoms with Gasteiger partial charge in [-0.25, -0.2) is 0 Å². The third-order valence-electron chi connectivity index (χ3n) is 3.28. The molecule has 19 heavy (non-hydrogen) atoms. The molecular formula is C14H16N2O3. The maximum Gasteiger partial charge on any atom is 0.308 e. The molecule has 0 saturated carbocycles. The molecule has 3 N–H and O–H groups in total. The average Bonchev–Trinajstić information content (AvgIpc) is 2.37. The lowest BCUT2D eigenvalue weighted by molar-refractivity contribution is -0.141. The molecule has 0 bridgehead atoms. The Morgan fingerprint density at radius 3 is 2.68 bits per heavy atom. The molecule has 0 saturated heterocycles. The second kappa shape index (κ2) is 5.14. The zero-order valence-electron chi connectivity index (χ0n) is 10.8. The summed E-state index contributed by atoms with van der Waals surface area (Å²) in [6, 6.07) is 8.79. The Morgan fingerprint density at radius 2 is 2.00 bits per heavy atom. The first kappa shape index (κ1) is 13.1. The molecule has 1 aromatic heterocycles. The summed E-state index contributed by atoms with van der Waals surface area (Å²) in [5.41, 5.74) is -0.184. The molecular weight excluding hydrogens is 244 g/mol. The van der Waals surface area contributed by atoms with Crippen molar-refractivity contribution >= 4 is 22.6 Å². The van der Waals surface area contributed by atoms with Crippen molar-refractivity contribution in [3.05, 3.63) is 40.7 Å². The van der Waals surface area contributed by atoms with Gasteiger partial charge in [-0.05, 0) is 31.4 Å². The number of rotatable bonds is 4. The number of nitrogens with one attached hydrogen (secondary N) is 2. The molecule has 2 aromatic rings. The van der Waals surface area contributed by atoms with Crippen LogP contribution in [0.3, 0.4) is 0 Å². The van der Waals surface area contributed by atoms with Gasteiger partial charge in [0, 0.05) is 11.4 Å². The zero-order chi connectivity index (χ0) is 14.0. The summed E-state index contributed by atoms with van der Waals surface area (Å²) in [4.78, 5) is 25.5. The van der Waals surface area contributed by atoms with E-state index in [-0.39, 0.29) is 11.6 Å². The summed E-state index contributed by atoms with van der Waals surface area (Å²) in [7, 11) is 0. The van der Waals surface area contributed by atoms with Crippen molar-refractivity contribution in [3.63, 3.8) is 0 Å². The van der Waals surface area contributed by atoms with E-state index in [0.29, 0.717) is 11.2 Å². The number of aromatic amines is 1. The highest BCUT2D eigenvalue weighted by Crippen LogP contribution is 2.15. The molecule has 0 aliphatic rings. The summed E-state index contributed by atoms with van der Waals surface area (Å²) >= 11 is 0. The van der Waals surface area contributed by atoms with Crippen LogP contribution in [0.15, 0.2) is 35.1 Å². The standard InChI is InChI=1S/C14H16N2O3/c1-8(14(18)19)9(2)15-12-7-10-5-3-4-6-11(10)13(17)16-12/h3-9H,1-2H3,(H,18,19)(H2,15,16,17). The lowest BCUT2D eigenvalue weighted by Gasteiger charge is -2.18. The Kier molecular flexibility index (Phi) is 3.55. The number of pyridine rings is 1. The van der Waals surface area contributed by atoms with Crippen molar-refractivity contribution in [2.75, 3.05) is 5.32 Å². The Bertz CT molecular complexity index is 663. The van der Waals surface area contributed by atoms with Gasteiger partial charge in [0.1, 0.15) is 5.82 Å². The number of aromatic nitrogens is 1. The molecule has 100 valence electrons. The molecule has 0 spiro atoms. The third-order valence-corrected chi connectivity index (χ3v) is 3.28. The monoisotopic (exact) mass is 260 g/mol. The smallest absolute Gasteiger partial charge is 0.308 e. The van der Waals surface area contributed by atoms with Crippen molar-refractivity contribution in [2.45, 2.75) is 19.9 Å². The van der Waals surface area contributed by atoms with Gasteiger partial charge in [-0.3, -0.25) is 9.59 Å². The second-order valence-corrected chi connectivity index (χ2v) is 4.66. The van der Waals surface area contributed by atoms with Crippen LogP contribution in [0.1, 0.15) is 13.8 Å². The summed E-state index contributed by atoms with van der Waals surface area (Å²) in [6.07, 6.45) is 0. The molecule has 1 aromatic carbocycles. The van der Waals surface area contributed by atoms with E-state index in [2.05, 4.69) is 10.3 Å². The van der Waals surface area contributed by atoms with Crippen LogP contribution in [-0.2, 0) is 4.79 Å². The van der Waals surface area contributed by atoms with Crippen molar-refractivity contribution in [2.24, 2.45) is 5.92 Å². The van der Waals surface area contributed by atoms with Crippen LogP contribution in [0.25, 0.3) is 10.8 Å². The number of aliphatic carboxylic acids is 1. The van der Waals surface area contributed by atoms with Crippen molar-refractivity contribution in [3.8, 4) is 0 Å². The minimum Gasteiger partial charge on any atom is -0.481 e. The summed E-state index contributed by atoms with van der Waals surface area (Å²) in [5, 5.41) is 13.4. The van der Waals surface area contributed by atoms with E-state index in [0.717, 1.165) is 5.39 Å². The predicted octanol–water partition coefficient (Wildman–Crippen LogP) is 2.05. The minimum atomic E-state index is -0.872. The second-order valence-electron chi connectivity index (χ2n) is 4.66. The van der Waals surface area contributed by atoms with Gasteiger partial charge in [0.2, 0.25) is 0 Å². The summed E-state index contributed by atoms with van der Waals surface area (Å²) < 4.78 is 0. The third kappa shape index (κ3) is 2.76. The van der Waals surface area contributed by atoms with E-state index in [1.165, 1.54) is 0 Å². The zero-order valence-corrected chi connectivity index (χ0v) is 10.8. The highest BCUT2D eigenvalue weighted by molar-refractivity contribution is 5.83. The van der Waals surface area contributed by atoms with E-state index in [1.54, 1.807) is 26.0 Å². The first-order chi connectivity index (χ1) is 8.99. The number of benzene rings is 1. The fourth-order valence-corrected chi connectivity index (χ4v) is 1.87. The normalized spacial score (nSPS) is 14.0. The van der Waals surface area contributed by atoms with Gasteiger partial charge in [-0.1, -0.05) is 18.2 Å². The maximum atomic E-state index is 11.9. The van der Waals surface area contributed by atoms with Crippen molar-refractivity contribution < 1.29 is 9.90 Å². The van der Waals surface area contributed by atoms with Crippen LogP contribution in [0, 0.1) is 5.92 Å². The van der Waals surface area contributed by atoms with E-state index < -0.39 is 11.9 Å². The molecule has 2 rings (SSSR count). The number of anilines is 1. The van der Waals surface area contributed by atoms with Gasteiger partial charge >= 0.3 is 5.97 Å². The average molecular weight is 260 g/mol. The predicted molar refractivity (Wildman–Crippen MR) is 74.5 cm³/mol.